The predicted molar refractivity (Wildman–Crippen MR) is 74.6 cm³/mol. The summed E-state index contributed by atoms with van der Waals surface area (Å²) in [6, 6.07) is -0.0119. The predicted octanol–water partition coefficient (Wildman–Crippen LogP) is 1.29. The second kappa shape index (κ2) is 7.00. The fourth-order valence-electron chi connectivity index (χ4n) is 2.38. The Bertz CT molecular complexity index is 467. The maximum Gasteiger partial charge on any atom is 0.511 e. The summed E-state index contributed by atoms with van der Waals surface area (Å²) in [5.74, 6) is 0. The normalized spacial score (nSPS) is 26.0. The number of halogens is 3. The van der Waals surface area contributed by atoms with E-state index in [2.05, 4.69) is 0 Å². The molecule has 10 heteroatoms. The van der Waals surface area contributed by atoms with Gasteiger partial charge in [0, 0.05) is 38.2 Å². The van der Waals surface area contributed by atoms with Crippen molar-refractivity contribution in [3.05, 3.63) is 0 Å². The van der Waals surface area contributed by atoms with Gasteiger partial charge in [-0.15, -0.1) is 0 Å². The maximum atomic E-state index is 12.5. The number of alkyl halides is 3. The van der Waals surface area contributed by atoms with Crippen LogP contribution in [-0.4, -0.2) is 63.5 Å². The lowest BCUT2D eigenvalue weighted by Gasteiger charge is -2.35. The van der Waals surface area contributed by atoms with Crippen molar-refractivity contribution in [2.75, 3.05) is 26.8 Å². The van der Waals surface area contributed by atoms with Gasteiger partial charge in [0.15, 0.2) is 6.29 Å². The first-order valence-electron chi connectivity index (χ1n) is 6.86. The molecule has 1 aliphatic heterocycles. The number of sulfonamides is 1. The molecule has 0 aromatic heterocycles. The third-order valence-corrected chi connectivity index (χ3v) is 4.85. The number of ether oxygens (including phenoxy) is 2. The Morgan fingerprint density at radius 2 is 1.95 bits per heavy atom. The van der Waals surface area contributed by atoms with Gasteiger partial charge in [0.25, 0.3) is 0 Å². The molecule has 0 aliphatic carbocycles. The van der Waals surface area contributed by atoms with Crippen molar-refractivity contribution in [2.24, 2.45) is 0 Å². The summed E-state index contributed by atoms with van der Waals surface area (Å²) in [4.78, 5) is 1.89. The van der Waals surface area contributed by atoms with Crippen LogP contribution in [0.25, 0.3) is 0 Å². The third kappa shape index (κ3) is 5.34. The zero-order chi connectivity index (χ0) is 17.2. The molecule has 0 amide bonds. The number of nitrogens with zero attached hydrogens (tertiary/aromatic N) is 1. The van der Waals surface area contributed by atoms with E-state index in [-0.39, 0.29) is 18.9 Å². The minimum atomic E-state index is -5.38. The molecule has 1 fully saturated rings. The van der Waals surface area contributed by atoms with Gasteiger partial charge in [0.2, 0.25) is 0 Å². The quantitative estimate of drug-likeness (QED) is 0.811. The second-order valence-electron chi connectivity index (χ2n) is 6.03. The Morgan fingerprint density at radius 3 is 2.45 bits per heavy atom. The van der Waals surface area contributed by atoms with E-state index in [1.165, 1.54) is 21.0 Å². The summed E-state index contributed by atoms with van der Waals surface area (Å²) < 4.78 is 72.3. The fraction of sp³-hybridized carbons (Fsp3) is 1.00. The summed E-state index contributed by atoms with van der Waals surface area (Å²) in [6.07, 6.45) is 0.188. The molecule has 1 N–H and O–H groups in total. The zero-order valence-electron chi connectivity index (χ0n) is 13.1. The van der Waals surface area contributed by atoms with Crippen molar-refractivity contribution in [1.29, 1.82) is 0 Å². The molecular formula is C12H23F3N2O4S. The fourth-order valence-corrected chi connectivity index (χ4v) is 3.29. The van der Waals surface area contributed by atoms with Crippen molar-refractivity contribution in [1.82, 2.24) is 9.62 Å². The molecule has 0 saturated carbocycles. The van der Waals surface area contributed by atoms with Gasteiger partial charge in [-0.1, -0.05) is 0 Å². The lowest BCUT2D eigenvalue weighted by atomic mass is 10.0. The van der Waals surface area contributed by atoms with E-state index in [9.17, 15) is 21.6 Å². The lowest BCUT2D eigenvalue weighted by Crippen LogP contribution is -2.55. The Balaban J connectivity index is 2.75. The molecule has 0 aromatic carbocycles. The average molecular weight is 348 g/mol. The van der Waals surface area contributed by atoms with Gasteiger partial charge in [0.1, 0.15) is 0 Å². The first-order chi connectivity index (χ1) is 9.88. The summed E-state index contributed by atoms with van der Waals surface area (Å²) in [5, 5.41) is 0. The van der Waals surface area contributed by atoms with Gasteiger partial charge >= 0.3 is 15.5 Å². The molecule has 0 bridgehead atoms. The number of hydrogen-bond acceptors (Lipinski definition) is 5. The monoisotopic (exact) mass is 348 g/mol. The van der Waals surface area contributed by atoms with Gasteiger partial charge in [-0.3, -0.25) is 4.90 Å². The SMILES string of the molecule is CO[C@H]1CC(C)N(CC(C)(C)NS(=O)(=O)C(F)(F)F)CCO1. The van der Waals surface area contributed by atoms with Gasteiger partial charge in [-0.05, 0) is 20.8 Å². The van der Waals surface area contributed by atoms with E-state index < -0.39 is 21.1 Å². The molecule has 1 heterocycles. The van der Waals surface area contributed by atoms with Crippen molar-refractivity contribution in [3.8, 4) is 0 Å². The highest BCUT2D eigenvalue weighted by Gasteiger charge is 2.48. The molecule has 0 spiro atoms. The van der Waals surface area contributed by atoms with Crippen LogP contribution in [-0.2, 0) is 19.5 Å². The summed E-state index contributed by atoms with van der Waals surface area (Å²) in [7, 11) is -3.86. The van der Waals surface area contributed by atoms with Crippen molar-refractivity contribution >= 4 is 10.0 Å². The largest absolute Gasteiger partial charge is 0.511 e. The first-order valence-corrected chi connectivity index (χ1v) is 8.35. The second-order valence-corrected chi connectivity index (χ2v) is 7.70. The minimum Gasteiger partial charge on any atom is -0.356 e. The summed E-state index contributed by atoms with van der Waals surface area (Å²) in [6.45, 7) is 5.71. The molecule has 1 saturated heterocycles. The van der Waals surface area contributed by atoms with Crippen molar-refractivity contribution in [3.63, 3.8) is 0 Å². The zero-order valence-corrected chi connectivity index (χ0v) is 13.9. The van der Waals surface area contributed by atoms with E-state index >= 15 is 0 Å². The number of hydrogen-bond donors (Lipinski definition) is 1. The van der Waals surface area contributed by atoms with Crippen LogP contribution in [0.2, 0.25) is 0 Å². The highest BCUT2D eigenvalue weighted by atomic mass is 32.2. The maximum absolute atomic E-state index is 12.5. The lowest BCUT2D eigenvalue weighted by molar-refractivity contribution is -0.120. The molecule has 1 aliphatic rings. The van der Waals surface area contributed by atoms with Crippen molar-refractivity contribution in [2.45, 2.75) is 50.6 Å². The average Bonchev–Trinajstić information content (AvgIpc) is 2.48. The minimum absolute atomic E-state index is 0.0119. The van der Waals surface area contributed by atoms with E-state index in [0.29, 0.717) is 19.6 Å². The van der Waals surface area contributed by atoms with Crippen molar-refractivity contribution < 1.29 is 31.1 Å². The first kappa shape index (κ1) is 19.6. The molecule has 6 nitrogen and oxygen atoms in total. The molecule has 0 aromatic rings. The smallest absolute Gasteiger partial charge is 0.356 e. The van der Waals surface area contributed by atoms with Crippen LogP contribution in [0.1, 0.15) is 27.2 Å². The van der Waals surface area contributed by atoms with Crippen LogP contribution < -0.4 is 4.72 Å². The van der Waals surface area contributed by atoms with Gasteiger partial charge in [-0.2, -0.15) is 13.2 Å². The molecule has 2 atom stereocenters. The Morgan fingerprint density at radius 1 is 1.36 bits per heavy atom. The number of nitrogens with one attached hydrogen (secondary N) is 1. The molecule has 1 unspecified atom stereocenters. The molecule has 0 radical (unpaired) electrons. The number of rotatable bonds is 5. The van der Waals surface area contributed by atoms with Gasteiger partial charge < -0.3 is 9.47 Å². The molecule has 132 valence electrons. The third-order valence-electron chi connectivity index (χ3n) is 3.42. The Kier molecular flexibility index (Phi) is 6.24. The topological polar surface area (TPSA) is 67.9 Å². The van der Waals surface area contributed by atoms with Crippen LogP contribution in [0, 0.1) is 0 Å². The van der Waals surface area contributed by atoms with E-state index in [1.54, 1.807) is 4.72 Å². The Labute approximate surface area is 129 Å². The van der Waals surface area contributed by atoms with E-state index in [0.717, 1.165) is 0 Å². The standard InChI is InChI=1S/C12H23F3N2O4S/c1-9-7-10(20-4)21-6-5-17(9)8-11(2,3)16-22(18,19)12(13,14)15/h9-10,16H,5-8H2,1-4H3/t9?,10-/m1/s1. The molecule has 22 heavy (non-hydrogen) atoms. The highest BCUT2D eigenvalue weighted by molar-refractivity contribution is 7.90. The van der Waals surface area contributed by atoms with E-state index in [4.69, 9.17) is 9.47 Å². The van der Waals surface area contributed by atoms with Crippen LogP contribution >= 0.6 is 0 Å². The van der Waals surface area contributed by atoms with Gasteiger partial charge in [-0.25, -0.2) is 13.1 Å². The van der Waals surface area contributed by atoms with Crippen LogP contribution in [0.3, 0.4) is 0 Å². The number of methoxy groups -OCH3 is 1. The Hall–Kier alpha value is -0.420. The van der Waals surface area contributed by atoms with E-state index in [1.807, 2.05) is 11.8 Å². The highest BCUT2D eigenvalue weighted by Crippen LogP contribution is 2.25. The molecular weight excluding hydrogens is 325 g/mol. The summed E-state index contributed by atoms with van der Waals surface area (Å²) >= 11 is 0. The van der Waals surface area contributed by atoms with Gasteiger partial charge in [0.05, 0.1) is 6.61 Å². The van der Waals surface area contributed by atoms with Crippen LogP contribution in [0.5, 0.6) is 0 Å². The molecule has 1 rings (SSSR count). The summed E-state index contributed by atoms with van der Waals surface area (Å²) in [5.41, 5.74) is -6.59. The van der Waals surface area contributed by atoms with Crippen LogP contribution in [0.15, 0.2) is 0 Å². The van der Waals surface area contributed by atoms with Crippen LogP contribution in [0.4, 0.5) is 13.2 Å².